The molecular weight excluding hydrogens is 257 g/mol. The van der Waals surface area contributed by atoms with Crippen molar-refractivity contribution in [1.29, 1.82) is 0 Å². The van der Waals surface area contributed by atoms with Gasteiger partial charge in [-0.1, -0.05) is 24.9 Å². The molecule has 0 saturated carbocycles. The molecule has 6 heteroatoms. The van der Waals surface area contributed by atoms with Crippen molar-refractivity contribution in [3.63, 3.8) is 0 Å². The lowest BCUT2D eigenvalue weighted by Gasteiger charge is -2.25. The zero-order chi connectivity index (χ0) is 13.7. The van der Waals surface area contributed by atoms with Gasteiger partial charge in [-0.3, -0.25) is 4.79 Å². The Kier molecular flexibility index (Phi) is 5.22. The average molecular weight is 274 g/mol. The molecule has 0 aliphatic carbocycles. The number of benzene rings is 1. The van der Waals surface area contributed by atoms with Crippen LogP contribution in [0, 0.1) is 5.82 Å². The smallest absolute Gasteiger partial charge is 0.236 e. The van der Waals surface area contributed by atoms with E-state index in [2.05, 4.69) is 0 Å². The molecule has 0 aliphatic heterocycles. The third-order valence-electron chi connectivity index (χ3n) is 2.54. The van der Waals surface area contributed by atoms with E-state index >= 15 is 0 Å². The third kappa shape index (κ3) is 3.50. The lowest BCUT2D eigenvalue weighted by atomic mass is 10.2. The highest BCUT2D eigenvalue weighted by atomic mass is 35.5. The summed E-state index contributed by atoms with van der Waals surface area (Å²) in [5.41, 5.74) is 11.3. The maximum Gasteiger partial charge on any atom is 0.236 e. The van der Waals surface area contributed by atoms with Crippen LogP contribution in [0.1, 0.15) is 19.8 Å². The van der Waals surface area contributed by atoms with E-state index in [0.717, 1.165) is 12.8 Å². The highest BCUT2D eigenvalue weighted by Gasteiger charge is 2.18. The molecule has 0 atom stereocenters. The summed E-state index contributed by atoms with van der Waals surface area (Å²) in [6.07, 6.45) is 1.72. The van der Waals surface area contributed by atoms with Gasteiger partial charge in [0.1, 0.15) is 0 Å². The summed E-state index contributed by atoms with van der Waals surface area (Å²) in [6, 6.07) is 2.90. The van der Waals surface area contributed by atoms with Gasteiger partial charge in [0, 0.05) is 6.54 Å². The Balaban J connectivity index is 3.10. The zero-order valence-electron chi connectivity index (χ0n) is 10.2. The molecule has 0 radical (unpaired) electrons. The van der Waals surface area contributed by atoms with E-state index < -0.39 is 11.7 Å². The Morgan fingerprint density at radius 1 is 1.50 bits per heavy atom. The number of nitrogens with zero attached hydrogens (tertiary/aromatic N) is 1. The van der Waals surface area contributed by atoms with Crippen molar-refractivity contribution >= 4 is 28.9 Å². The minimum Gasteiger partial charge on any atom is -0.397 e. The van der Waals surface area contributed by atoms with E-state index in [4.69, 9.17) is 23.1 Å². The molecule has 0 bridgehead atoms. The number of anilines is 2. The fraction of sp³-hybridized carbons (Fsp3) is 0.417. The molecule has 4 nitrogen and oxygen atoms in total. The lowest BCUT2D eigenvalue weighted by Crippen LogP contribution is -2.35. The van der Waals surface area contributed by atoms with E-state index in [1.165, 1.54) is 17.0 Å². The summed E-state index contributed by atoms with van der Waals surface area (Å²) in [7, 11) is 0. The number of carbonyl (C=O) groups is 1. The zero-order valence-corrected chi connectivity index (χ0v) is 11.0. The van der Waals surface area contributed by atoms with Crippen LogP contribution in [0.5, 0.6) is 0 Å². The van der Waals surface area contributed by atoms with Crippen molar-refractivity contribution < 1.29 is 9.18 Å². The Morgan fingerprint density at radius 2 is 2.17 bits per heavy atom. The maximum absolute atomic E-state index is 14.0. The lowest BCUT2D eigenvalue weighted by molar-refractivity contribution is -0.116. The second kappa shape index (κ2) is 6.44. The minimum atomic E-state index is -0.617. The fourth-order valence-corrected chi connectivity index (χ4v) is 1.84. The molecule has 0 aromatic heterocycles. The SMILES string of the molecule is CCCCN(CC(N)=O)c1c(N)ccc(Cl)c1F. The summed E-state index contributed by atoms with van der Waals surface area (Å²) in [5, 5.41) is -0.0230. The molecule has 0 unspecified atom stereocenters. The number of rotatable bonds is 6. The first-order chi connectivity index (χ1) is 8.47. The van der Waals surface area contributed by atoms with Gasteiger partial charge in [-0.15, -0.1) is 0 Å². The molecule has 1 amide bonds. The Morgan fingerprint density at radius 3 is 2.72 bits per heavy atom. The van der Waals surface area contributed by atoms with Crippen molar-refractivity contribution in [2.24, 2.45) is 5.73 Å². The maximum atomic E-state index is 14.0. The molecule has 1 aromatic rings. The topological polar surface area (TPSA) is 72.3 Å². The molecule has 1 aromatic carbocycles. The second-order valence-electron chi connectivity index (χ2n) is 4.04. The van der Waals surface area contributed by atoms with Crippen LogP contribution in [0.2, 0.25) is 5.02 Å². The van der Waals surface area contributed by atoms with Gasteiger partial charge >= 0.3 is 0 Å². The average Bonchev–Trinajstić information content (AvgIpc) is 2.30. The van der Waals surface area contributed by atoms with Gasteiger partial charge in [0.2, 0.25) is 5.91 Å². The highest BCUT2D eigenvalue weighted by Crippen LogP contribution is 2.31. The van der Waals surface area contributed by atoms with E-state index in [-0.39, 0.29) is 22.9 Å². The van der Waals surface area contributed by atoms with Gasteiger partial charge in [-0.25, -0.2) is 4.39 Å². The van der Waals surface area contributed by atoms with Crippen LogP contribution in [0.25, 0.3) is 0 Å². The number of halogens is 2. The number of primary amides is 1. The van der Waals surface area contributed by atoms with Crippen LogP contribution >= 0.6 is 11.6 Å². The number of unbranched alkanes of at least 4 members (excludes halogenated alkanes) is 1. The van der Waals surface area contributed by atoms with Crippen LogP contribution in [0.4, 0.5) is 15.8 Å². The monoisotopic (exact) mass is 273 g/mol. The largest absolute Gasteiger partial charge is 0.397 e. The van der Waals surface area contributed by atoms with Crippen molar-refractivity contribution in [3.05, 3.63) is 23.0 Å². The van der Waals surface area contributed by atoms with Crippen molar-refractivity contribution in [2.45, 2.75) is 19.8 Å². The molecule has 4 N–H and O–H groups in total. The quantitative estimate of drug-likeness (QED) is 0.780. The number of amides is 1. The predicted octanol–water partition coefficient (Wildman–Crippen LogP) is 2.15. The minimum absolute atomic E-state index is 0.0230. The normalized spacial score (nSPS) is 10.4. The van der Waals surface area contributed by atoms with Gasteiger partial charge in [0.25, 0.3) is 0 Å². The number of nitrogens with two attached hydrogens (primary N) is 2. The molecule has 1 rings (SSSR count). The Labute approximate surface area is 111 Å². The van der Waals surface area contributed by atoms with Crippen molar-refractivity contribution in [2.75, 3.05) is 23.7 Å². The standard InChI is InChI=1S/C12H17ClFN3O/c1-2-3-6-17(7-10(16)18)12-9(15)5-4-8(13)11(12)14/h4-5H,2-3,6-7,15H2,1H3,(H2,16,18). The molecule has 0 saturated heterocycles. The molecule has 100 valence electrons. The van der Waals surface area contributed by atoms with Crippen LogP contribution < -0.4 is 16.4 Å². The summed E-state index contributed by atoms with van der Waals surface area (Å²) in [6.45, 7) is 2.42. The molecular formula is C12H17ClFN3O. The third-order valence-corrected chi connectivity index (χ3v) is 2.84. The summed E-state index contributed by atoms with van der Waals surface area (Å²) in [4.78, 5) is 12.6. The van der Waals surface area contributed by atoms with Gasteiger partial charge in [0.05, 0.1) is 22.9 Å². The Bertz CT molecular complexity index is 440. The van der Waals surface area contributed by atoms with Gasteiger partial charge in [-0.2, -0.15) is 0 Å². The van der Waals surface area contributed by atoms with E-state index in [1.54, 1.807) is 0 Å². The number of nitrogen functional groups attached to an aromatic ring is 1. The van der Waals surface area contributed by atoms with Gasteiger partial charge < -0.3 is 16.4 Å². The molecule has 0 heterocycles. The molecule has 0 aliphatic rings. The molecule has 0 spiro atoms. The summed E-state index contributed by atoms with van der Waals surface area (Å²) in [5.74, 6) is -1.15. The highest BCUT2D eigenvalue weighted by molar-refractivity contribution is 6.31. The van der Waals surface area contributed by atoms with Gasteiger partial charge in [-0.05, 0) is 18.6 Å². The van der Waals surface area contributed by atoms with E-state index in [1.807, 2.05) is 6.92 Å². The predicted molar refractivity (Wildman–Crippen MR) is 72.1 cm³/mol. The first-order valence-corrected chi connectivity index (χ1v) is 6.11. The summed E-state index contributed by atoms with van der Waals surface area (Å²) < 4.78 is 14.0. The van der Waals surface area contributed by atoms with Crippen LogP contribution in [0.3, 0.4) is 0 Å². The molecule has 18 heavy (non-hydrogen) atoms. The number of carbonyl (C=O) groups excluding carboxylic acids is 1. The summed E-state index contributed by atoms with van der Waals surface area (Å²) >= 11 is 5.73. The first-order valence-electron chi connectivity index (χ1n) is 5.74. The molecule has 0 fully saturated rings. The van der Waals surface area contributed by atoms with Gasteiger partial charge in [0.15, 0.2) is 5.82 Å². The number of hydrogen-bond donors (Lipinski definition) is 2. The first kappa shape index (κ1) is 14.6. The fourth-order valence-electron chi connectivity index (χ4n) is 1.68. The Hall–Kier alpha value is -1.49. The number of hydrogen-bond acceptors (Lipinski definition) is 3. The van der Waals surface area contributed by atoms with Crippen LogP contribution in [-0.2, 0) is 4.79 Å². The van der Waals surface area contributed by atoms with Crippen molar-refractivity contribution in [3.8, 4) is 0 Å². The second-order valence-corrected chi connectivity index (χ2v) is 4.45. The van der Waals surface area contributed by atoms with Crippen LogP contribution in [0.15, 0.2) is 12.1 Å². The van der Waals surface area contributed by atoms with Crippen LogP contribution in [-0.4, -0.2) is 19.0 Å². The van der Waals surface area contributed by atoms with E-state index in [0.29, 0.717) is 6.54 Å². The van der Waals surface area contributed by atoms with E-state index in [9.17, 15) is 9.18 Å². The van der Waals surface area contributed by atoms with Crippen molar-refractivity contribution in [1.82, 2.24) is 0 Å².